The Morgan fingerprint density at radius 1 is 1.03 bits per heavy atom. The quantitative estimate of drug-likeness (QED) is 0.675. The van der Waals surface area contributed by atoms with Crippen molar-refractivity contribution in [1.82, 2.24) is 4.98 Å². The number of hydrogen-bond donors (Lipinski definition) is 2. The van der Waals surface area contributed by atoms with E-state index in [4.69, 9.17) is 15.6 Å². The molecule has 0 saturated carbocycles. The summed E-state index contributed by atoms with van der Waals surface area (Å²) < 4.78 is 9.65. The topological polar surface area (TPSA) is 112 Å². The smallest absolute Gasteiger partial charge is 0.404 e. The highest BCUT2D eigenvalue weighted by molar-refractivity contribution is 5.86. The number of aromatic nitrogens is 1. The number of rotatable bonds is 5. The van der Waals surface area contributed by atoms with Crippen LogP contribution in [-0.4, -0.2) is 29.3 Å². The molecule has 0 aliphatic rings. The van der Waals surface area contributed by atoms with Crippen LogP contribution < -0.4 is 10.5 Å². The third-order valence-electron chi connectivity index (χ3n) is 3.82. The number of aromatic carboxylic acids is 1. The molecule has 1 amide bonds. The van der Waals surface area contributed by atoms with Crippen LogP contribution in [0.15, 0.2) is 66.7 Å². The molecule has 0 unspecified atom stereocenters. The van der Waals surface area contributed by atoms with E-state index in [-0.39, 0.29) is 12.3 Å². The van der Waals surface area contributed by atoms with Crippen LogP contribution >= 0.6 is 0 Å². The molecule has 2 aromatic carbocycles. The van der Waals surface area contributed by atoms with Crippen molar-refractivity contribution < 1.29 is 24.2 Å². The van der Waals surface area contributed by atoms with Gasteiger partial charge in [0.2, 0.25) is 0 Å². The van der Waals surface area contributed by atoms with Gasteiger partial charge in [-0.3, -0.25) is 0 Å². The Morgan fingerprint density at radius 2 is 1.69 bits per heavy atom. The summed E-state index contributed by atoms with van der Waals surface area (Å²) >= 11 is 0. The molecule has 1 aromatic heterocycles. The lowest BCUT2D eigenvalue weighted by Crippen LogP contribution is -2.12. The van der Waals surface area contributed by atoms with E-state index in [0.29, 0.717) is 11.4 Å². The zero-order chi connectivity index (χ0) is 21.2. The van der Waals surface area contributed by atoms with Gasteiger partial charge in [-0.15, -0.1) is 0 Å². The van der Waals surface area contributed by atoms with Crippen LogP contribution in [-0.2, 0) is 11.3 Å². The maximum absolute atomic E-state index is 11.0. The van der Waals surface area contributed by atoms with Gasteiger partial charge in [-0.2, -0.15) is 0 Å². The number of hydrogen-bond acceptors (Lipinski definition) is 5. The van der Waals surface area contributed by atoms with Gasteiger partial charge in [-0.25, -0.2) is 14.6 Å². The first-order valence-electron chi connectivity index (χ1n) is 8.71. The second-order valence-corrected chi connectivity index (χ2v) is 6.04. The number of pyridine rings is 1. The van der Waals surface area contributed by atoms with Crippen LogP contribution in [0, 0.1) is 6.92 Å². The first kappa shape index (κ1) is 21.4. The average Bonchev–Trinajstić information content (AvgIpc) is 2.73. The Hall–Kier alpha value is -3.87. The number of methoxy groups -OCH3 is 1. The fourth-order valence-electron chi connectivity index (χ4n) is 2.33. The van der Waals surface area contributed by atoms with E-state index in [1.807, 2.05) is 61.5 Å². The number of benzene rings is 2. The lowest BCUT2D eigenvalue weighted by molar-refractivity contribution is 0.0690. The predicted molar refractivity (Wildman–Crippen MR) is 109 cm³/mol. The molecule has 3 aromatic rings. The minimum Gasteiger partial charge on any atom is -0.497 e. The molecule has 0 radical (unpaired) electrons. The van der Waals surface area contributed by atoms with Gasteiger partial charge in [0, 0.05) is 17.7 Å². The number of aryl methyl sites for hydroxylation is 1. The van der Waals surface area contributed by atoms with Crippen molar-refractivity contribution in [2.24, 2.45) is 5.73 Å². The summed E-state index contributed by atoms with van der Waals surface area (Å²) in [5.74, 6) is -0.583. The van der Waals surface area contributed by atoms with Crippen molar-refractivity contribution in [3.63, 3.8) is 0 Å². The van der Waals surface area contributed by atoms with Crippen molar-refractivity contribution in [3.8, 4) is 17.0 Å². The van der Waals surface area contributed by atoms with Crippen molar-refractivity contribution in [3.05, 3.63) is 83.6 Å². The summed E-state index contributed by atoms with van der Waals surface area (Å²) in [6, 6.07) is 20.2. The Bertz CT molecular complexity index is 957. The molecule has 0 bridgehead atoms. The Morgan fingerprint density at radius 3 is 2.24 bits per heavy atom. The molecule has 29 heavy (non-hydrogen) atoms. The Labute approximate surface area is 168 Å². The number of amides is 1. The van der Waals surface area contributed by atoms with Crippen molar-refractivity contribution in [2.45, 2.75) is 13.5 Å². The molecule has 0 atom stereocenters. The van der Waals surface area contributed by atoms with Gasteiger partial charge in [0.05, 0.1) is 12.8 Å². The number of ether oxygens (including phenoxy) is 2. The van der Waals surface area contributed by atoms with E-state index in [9.17, 15) is 9.59 Å². The van der Waals surface area contributed by atoms with Crippen molar-refractivity contribution in [2.75, 3.05) is 7.11 Å². The summed E-state index contributed by atoms with van der Waals surface area (Å²) in [5.41, 5.74) is 8.28. The van der Waals surface area contributed by atoms with E-state index in [0.717, 1.165) is 16.7 Å². The molecule has 3 N–H and O–H groups in total. The number of nitrogens with zero attached hydrogens (tertiary/aromatic N) is 1. The van der Waals surface area contributed by atoms with E-state index in [2.05, 4.69) is 9.72 Å². The molecule has 1 heterocycles. The van der Waals surface area contributed by atoms with E-state index >= 15 is 0 Å². The van der Waals surface area contributed by atoms with Crippen molar-refractivity contribution in [1.29, 1.82) is 0 Å². The number of primary amides is 1. The molecule has 0 aliphatic heterocycles. The lowest BCUT2D eigenvalue weighted by atomic mass is 10.1. The highest BCUT2D eigenvalue weighted by Crippen LogP contribution is 2.23. The maximum atomic E-state index is 11.0. The molecule has 7 heteroatoms. The minimum absolute atomic E-state index is 0.0232. The van der Waals surface area contributed by atoms with Crippen LogP contribution in [0.2, 0.25) is 0 Å². The van der Waals surface area contributed by atoms with Crippen LogP contribution in [0.5, 0.6) is 5.75 Å². The molecular weight excluding hydrogens is 372 g/mol. The largest absolute Gasteiger partial charge is 0.497 e. The number of carboxylic acid groups (broad SMARTS) is 1. The SMILES string of the molecule is COc1cc(C(=O)O)nc(-c2ccc(C)cc2)c1.NC(=O)OCc1ccccc1. The van der Waals surface area contributed by atoms with Crippen molar-refractivity contribution >= 4 is 12.1 Å². The molecule has 0 spiro atoms. The van der Waals surface area contributed by atoms with Gasteiger partial charge in [0.1, 0.15) is 12.4 Å². The summed E-state index contributed by atoms with van der Waals surface area (Å²) in [4.78, 5) is 25.3. The lowest BCUT2D eigenvalue weighted by Gasteiger charge is -2.06. The third-order valence-corrected chi connectivity index (χ3v) is 3.82. The first-order chi connectivity index (χ1) is 13.9. The Kier molecular flexibility index (Phi) is 7.73. The molecule has 7 nitrogen and oxygen atoms in total. The average molecular weight is 394 g/mol. The van der Waals surface area contributed by atoms with Gasteiger partial charge in [-0.05, 0) is 12.5 Å². The van der Waals surface area contributed by atoms with E-state index in [1.54, 1.807) is 6.07 Å². The third kappa shape index (κ3) is 6.99. The summed E-state index contributed by atoms with van der Waals surface area (Å²) in [6.07, 6.45) is -0.742. The standard InChI is InChI=1S/C14H13NO3.C8H9NO2/c1-9-3-5-10(6-4-9)12-7-11(18-2)8-13(15-12)14(16)17;9-8(10)11-6-7-4-2-1-3-5-7/h3-8H,1-2H3,(H,16,17);1-5H,6H2,(H2,9,10). The summed E-state index contributed by atoms with van der Waals surface area (Å²) in [7, 11) is 1.50. The monoisotopic (exact) mass is 394 g/mol. The van der Waals surface area contributed by atoms with Crippen LogP contribution in [0.25, 0.3) is 11.3 Å². The minimum atomic E-state index is -1.07. The van der Waals surface area contributed by atoms with E-state index < -0.39 is 12.1 Å². The second-order valence-electron chi connectivity index (χ2n) is 6.04. The number of nitrogens with two attached hydrogens (primary N) is 1. The fourth-order valence-corrected chi connectivity index (χ4v) is 2.33. The van der Waals surface area contributed by atoms with Crippen LogP contribution in [0.3, 0.4) is 0 Å². The Balaban J connectivity index is 0.000000234. The van der Waals surface area contributed by atoms with Gasteiger partial charge in [0.15, 0.2) is 5.69 Å². The van der Waals surface area contributed by atoms with Gasteiger partial charge >= 0.3 is 12.1 Å². The zero-order valence-electron chi connectivity index (χ0n) is 16.2. The van der Waals surface area contributed by atoms with Gasteiger partial charge < -0.3 is 20.3 Å². The zero-order valence-corrected chi connectivity index (χ0v) is 16.2. The fraction of sp³-hybridized carbons (Fsp3) is 0.136. The normalized spacial score (nSPS) is 9.72. The first-order valence-corrected chi connectivity index (χ1v) is 8.71. The number of carbonyl (C=O) groups is 2. The maximum Gasteiger partial charge on any atom is 0.404 e. The molecule has 150 valence electrons. The predicted octanol–water partition coefficient (Wildman–Crippen LogP) is 4.05. The molecule has 0 fully saturated rings. The van der Waals surface area contributed by atoms with Crippen LogP contribution in [0.1, 0.15) is 21.6 Å². The summed E-state index contributed by atoms with van der Waals surface area (Å²) in [5, 5.41) is 9.00. The molecule has 0 aliphatic carbocycles. The number of carbonyl (C=O) groups excluding carboxylic acids is 1. The van der Waals surface area contributed by atoms with Crippen LogP contribution in [0.4, 0.5) is 4.79 Å². The number of carboxylic acids is 1. The second kappa shape index (κ2) is 10.5. The van der Waals surface area contributed by atoms with Gasteiger partial charge in [-0.1, -0.05) is 60.2 Å². The molecular formula is C22H22N2O5. The highest BCUT2D eigenvalue weighted by atomic mass is 16.5. The van der Waals surface area contributed by atoms with E-state index in [1.165, 1.54) is 13.2 Å². The highest BCUT2D eigenvalue weighted by Gasteiger charge is 2.10. The molecule has 0 saturated heterocycles. The molecule has 3 rings (SSSR count). The van der Waals surface area contributed by atoms with Gasteiger partial charge in [0.25, 0.3) is 0 Å². The summed E-state index contributed by atoms with van der Waals surface area (Å²) in [6.45, 7) is 2.24.